The van der Waals surface area contributed by atoms with E-state index in [4.69, 9.17) is 0 Å². The van der Waals surface area contributed by atoms with Gasteiger partial charge in [0.15, 0.2) is 0 Å². The van der Waals surface area contributed by atoms with Gasteiger partial charge in [-0.3, -0.25) is 4.79 Å². The summed E-state index contributed by atoms with van der Waals surface area (Å²) in [6, 6.07) is 5.24. The molecule has 2 heterocycles. The second kappa shape index (κ2) is 2.90. The highest BCUT2D eigenvalue weighted by Crippen LogP contribution is 2.00. The van der Waals surface area contributed by atoms with Crippen molar-refractivity contribution in [2.75, 3.05) is 0 Å². The van der Waals surface area contributed by atoms with E-state index in [0.29, 0.717) is 11.6 Å². The van der Waals surface area contributed by atoms with Crippen molar-refractivity contribution in [3.63, 3.8) is 0 Å². The van der Waals surface area contributed by atoms with E-state index in [0.717, 1.165) is 0 Å². The summed E-state index contributed by atoms with van der Waals surface area (Å²) in [5.41, 5.74) is -0.129. The van der Waals surface area contributed by atoms with Gasteiger partial charge >= 0.3 is 0 Å². The van der Waals surface area contributed by atoms with Crippen LogP contribution in [0.1, 0.15) is 5.82 Å². The molecule has 0 aliphatic heterocycles. The molecule has 0 aliphatic rings. The number of rotatable bonds is 1. The summed E-state index contributed by atoms with van der Waals surface area (Å²) in [5, 5.41) is 0. The van der Waals surface area contributed by atoms with Crippen LogP contribution in [0.15, 0.2) is 35.4 Å². The van der Waals surface area contributed by atoms with Crippen molar-refractivity contribution in [3.8, 4) is 5.82 Å². The van der Waals surface area contributed by atoms with Crippen LogP contribution < -0.4 is 5.56 Å². The highest BCUT2D eigenvalue weighted by atomic mass is 16.1. The van der Waals surface area contributed by atoms with Gasteiger partial charge in [-0.1, -0.05) is 0 Å². The Balaban J connectivity index is 2.59. The van der Waals surface area contributed by atoms with E-state index in [1.807, 2.05) is 24.5 Å². The fraction of sp³-hybridized carbons (Fsp3) is 0.111. The molecule has 0 radical (unpaired) electrons. The van der Waals surface area contributed by atoms with Crippen LogP contribution >= 0.6 is 0 Å². The highest BCUT2D eigenvalue weighted by molar-refractivity contribution is 5.21. The van der Waals surface area contributed by atoms with Gasteiger partial charge in [-0.15, -0.1) is 0 Å². The van der Waals surface area contributed by atoms with E-state index in [1.165, 1.54) is 6.07 Å². The van der Waals surface area contributed by atoms with E-state index in [2.05, 4.69) is 9.97 Å². The van der Waals surface area contributed by atoms with Gasteiger partial charge in [0.1, 0.15) is 11.6 Å². The number of aromatic amines is 1. The zero-order valence-electron chi connectivity index (χ0n) is 7.19. The van der Waals surface area contributed by atoms with Crippen LogP contribution in [0.4, 0.5) is 0 Å². The van der Waals surface area contributed by atoms with Crippen molar-refractivity contribution in [2.45, 2.75) is 6.92 Å². The largest absolute Gasteiger partial charge is 0.311 e. The fourth-order valence-electron chi connectivity index (χ4n) is 1.18. The molecule has 0 aliphatic carbocycles. The van der Waals surface area contributed by atoms with Crippen LogP contribution in [0.25, 0.3) is 5.82 Å². The van der Waals surface area contributed by atoms with Crippen molar-refractivity contribution in [2.24, 2.45) is 0 Å². The van der Waals surface area contributed by atoms with Crippen LogP contribution in [-0.2, 0) is 0 Å². The third kappa shape index (κ3) is 1.51. The lowest BCUT2D eigenvalue weighted by atomic mass is 10.5. The zero-order valence-corrected chi connectivity index (χ0v) is 7.19. The molecule has 0 fully saturated rings. The molecule has 0 atom stereocenters. The lowest BCUT2D eigenvalue weighted by Crippen LogP contribution is -2.11. The van der Waals surface area contributed by atoms with E-state index in [-0.39, 0.29) is 5.56 Å². The first-order chi connectivity index (χ1) is 6.25. The molecule has 13 heavy (non-hydrogen) atoms. The van der Waals surface area contributed by atoms with Crippen molar-refractivity contribution >= 4 is 0 Å². The predicted molar refractivity (Wildman–Crippen MR) is 48.9 cm³/mol. The smallest absolute Gasteiger partial charge is 0.253 e. The molecule has 0 unspecified atom stereocenters. The number of hydrogen-bond donors (Lipinski definition) is 1. The molecular weight excluding hydrogens is 166 g/mol. The van der Waals surface area contributed by atoms with Crippen LogP contribution in [-0.4, -0.2) is 14.5 Å². The maximum absolute atomic E-state index is 11.1. The van der Waals surface area contributed by atoms with Crippen LogP contribution in [0, 0.1) is 6.92 Å². The van der Waals surface area contributed by atoms with E-state index in [1.54, 1.807) is 11.5 Å². The molecule has 2 aromatic rings. The molecule has 0 saturated carbocycles. The first kappa shape index (κ1) is 7.79. The van der Waals surface area contributed by atoms with Crippen molar-refractivity contribution in [3.05, 3.63) is 46.8 Å². The molecule has 0 aromatic carbocycles. The van der Waals surface area contributed by atoms with Gasteiger partial charge < -0.3 is 9.55 Å². The average molecular weight is 175 g/mol. The topological polar surface area (TPSA) is 50.7 Å². The molecule has 2 rings (SSSR count). The zero-order chi connectivity index (χ0) is 9.26. The number of H-pyrrole nitrogens is 1. The Labute approximate surface area is 74.9 Å². The molecule has 1 N–H and O–H groups in total. The van der Waals surface area contributed by atoms with Crippen LogP contribution in [0.3, 0.4) is 0 Å². The first-order valence-corrected chi connectivity index (χ1v) is 3.97. The molecule has 4 nitrogen and oxygen atoms in total. The van der Waals surface area contributed by atoms with Gasteiger partial charge in [-0.05, 0) is 19.1 Å². The van der Waals surface area contributed by atoms with Gasteiger partial charge in [-0.25, -0.2) is 4.98 Å². The van der Waals surface area contributed by atoms with E-state index >= 15 is 0 Å². The maximum Gasteiger partial charge on any atom is 0.253 e. The van der Waals surface area contributed by atoms with Gasteiger partial charge in [0.25, 0.3) is 5.56 Å². The third-order valence-electron chi connectivity index (χ3n) is 1.72. The monoisotopic (exact) mass is 175 g/mol. The molecular formula is C9H9N3O. The quantitative estimate of drug-likeness (QED) is 0.699. The van der Waals surface area contributed by atoms with Crippen molar-refractivity contribution in [1.29, 1.82) is 0 Å². The molecule has 0 spiro atoms. The summed E-state index contributed by atoms with van der Waals surface area (Å²) >= 11 is 0. The summed E-state index contributed by atoms with van der Waals surface area (Å²) < 4.78 is 1.79. The van der Waals surface area contributed by atoms with Gasteiger partial charge in [0, 0.05) is 18.5 Å². The average Bonchev–Trinajstić information content (AvgIpc) is 2.53. The minimum absolute atomic E-state index is 0.129. The third-order valence-corrected chi connectivity index (χ3v) is 1.72. The first-order valence-electron chi connectivity index (χ1n) is 3.97. The van der Waals surface area contributed by atoms with Crippen LogP contribution in [0.5, 0.6) is 0 Å². The molecule has 0 saturated heterocycles. The number of hydrogen-bond acceptors (Lipinski definition) is 2. The number of aryl methyl sites for hydroxylation is 1. The summed E-state index contributed by atoms with van der Waals surface area (Å²) in [5.74, 6) is 1.27. The number of nitrogens with zero attached hydrogens (tertiary/aromatic N) is 2. The van der Waals surface area contributed by atoms with Gasteiger partial charge in [0.05, 0.1) is 0 Å². The van der Waals surface area contributed by atoms with Gasteiger partial charge in [0.2, 0.25) is 0 Å². The molecule has 66 valence electrons. The highest BCUT2D eigenvalue weighted by Gasteiger charge is 1.98. The lowest BCUT2D eigenvalue weighted by Gasteiger charge is -2.00. The SMILES string of the molecule is Cc1nc(-n2cccc2)cc(=O)[nH]1. The molecule has 2 aromatic heterocycles. The summed E-state index contributed by atoms with van der Waals surface area (Å²) in [6.07, 6.45) is 3.70. The minimum Gasteiger partial charge on any atom is -0.311 e. The summed E-state index contributed by atoms with van der Waals surface area (Å²) in [6.45, 7) is 1.76. The number of aromatic nitrogens is 3. The Morgan fingerprint density at radius 2 is 2.08 bits per heavy atom. The Kier molecular flexibility index (Phi) is 1.73. The van der Waals surface area contributed by atoms with Crippen molar-refractivity contribution in [1.82, 2.24) is 14.5 Å². The standard InChI is InChI=1S/C9H9N3O/c1-7-10-8(6-9(13)11-7)12-4-2-3-5-12/h2-6H,1H3,(H,10,11,13). The predicted octanol–water partition coefficient (Wildman–Crippen LogP) is 0.869. The summed E-state index contributed by atoms with van der Waals surface area (Å²) in [7, 11) is 0. The number of nitrogens with one attached hydrogen (secondary N) is 1. The Bertz CT molecular complexity index is 456. The maximum atomic E-state index is 11.1. The molecule has 0 amide bonds. The lowest BCUT2D eigenvalue weighted by molar-refractivity contribution is 0.928. The summed E-state index contributed by atoms with van der Waals surface area (Å²) in [4.78, 5) is 17.9. The molecule has 0 bridgehead atoms. The normalized spacial score (nSPS) is 10.2. The fourth-order valence-corrected chi connectivity index (χ4v) is 1.18. The van der Waals surface area contributed by atoms with Crippen molar-refractivity contribution < 1.29 is 0 Å². The van der Waals surface area contributed by atoms with E-state index < -0.39 is 0 Å². The second-order valence-corrected chi connectivity index (χ2v) is 2.78. The van der Waals surface area contributed by atoms with Gasteiger partial charge in [-0.2, -0.15) is 0 Å². The Hall–Kier alpha value is -1.84. The second-order valence-electron chi connectivity index (χ2n) is 2.78. The Morgan fingerprint density at radius 1 is 1.38 bits per heavy atom. The van der Waals surface area contributed by atoms with Crippen LogP contribution in [0.2, 0.25) is 0 Å². The Morgan fingerprint density at radius 3 is 2.69 bits per heavy atom. The van der Waals surface area contributed by atoms with E-state index in [9.17, 15) is 4.79 Å². The minimum atomic E-state index is -0.129. The molecule has 4 heteroatoms.